The highest BCUT2D eigenvalue weighted by Gasteiger charge is 2.24. The Hall–Kier alpha value is -1.44. The molecule has 2 aromatic heterocycles. The smallest absolute Gasteiger partial charge is 0.161 e. The molecule has 0 aromatic carbocycles. The predicted octanol–water partition coefficient (Wildman–Crippen LogP) is 1.61. The number of thiazole rings is 1. The summed E-state index contributed by atoms with van der Waals surface area (Å²) in [6.45, 7) is 4.72. The van der Waals surface area contributed by atoms with Gasteiger partial charge in [0.25, 0.3) is 0 Å². The average Bonchev–Trinajstić information content (AvgIpc) is 3.11. The van der Waals surface area contributed by atoms with Crippen LogP contribution in [0.1, 0.15) is 23.5 Å². The van der Waals surface area contributed by atoms with E-state index in [1.807, 2.05) is 16.4 Å². The Kier molecular flexibility index (Phi) is 5.72. The molecular weight excluding hydrogens is 286 g/mol. The fraction of sp³-hybridized carbons (Fsp3) is 0.571. The van der Waals surface area contributed by atoms with Crippen molar-refractivity contribution in [3.05, 3.63) is 28.5 Å². The summed E-state index contributed by atoms with van der Waals surface area (Å²) in [5.41, 5.74) is 2.91. The Morgan fingerprint density at radius 2 is 2.24 bits per heavy atom. The van der Waals surface area contributed by atoms with Gasteiger partial charge < -0.3 is 15.0 Å². The Bertz CT molecular complexity index is 538. The lowest BCUT2D eigenvalue weighted by Crippen LogP contribution is -2.27. The molecule has 0 bridgehead atoms. The molecule has 0 aliphatic heterocycles. The van der Waals surface area contributed by atoms with Crippen LogP contribution in [-0.4, -0.2) is 54.0 Å². The number of ether oxygens (including phenoxy) is 1. The van der Waals surface area contributed by atoms with Gasteiger partial charge in [-0.1, -0.05) is 6.92 Å². The van der Waals surface area contributed by atoms with Gasteiger partial charge >= 0.3 is 0 Å². The minimum absolute atomic E-state index is 0.0575. The van der Waals surface area contributed by atoms with Crippen LogP contribution in [0.25, 0.3) is 0 Å². The van der Waals surface area contributed by atoms with E-state index in [4.69, 9.17) is 4.74 Å². The van der Waals surface area contributed by atoms with Gasteiger partial charge in [0.1, 0.15) is 5.69 Å². The van der Waals surface area contributed by atoms with Gasteiger partial charge in [-0.25, -0.2) is 0 Å². The molecule has 21 heavy (non-hydrogen) atoms. The van der Waals surface area contributed by atoms with Crippen molar-refractivity contribution in [2.24, 2.45) is 0 Å². The summed E-state index contributed by atoms with van der Waals surface area (Å²) in [5, 5.41) is 7.99. The highest BCUT2D eigenvalue weighted by molar-refractivity contribution is 7.09. The highest BCUT2D eigenvalue weighted by Crippen LogP contribution is 2.31. The van der Waals surface area contributed by atoms with Gasteiger partial charge in [-0.3, -0.25) is 9.67 Å². The molecule has 0 fully saturated rings. The van der Waals surface area contributed by atoms with Gasteiger partial charge in [0.2, 0.25) is 0 Å². The molecule has 7 heteroatoms. The largest absolute Gasteiger partial charge is 0.493 e. The van der Waals surface area contributed by atoms with Crippen LogP contribution < -0.4 is 10.1 Å². The first-order valence-corrected chi connectivity index (χ1v) is 7.91. The van der Waals surface area contributed by atoms with E-state index in [1.54, 1.807) is 24.6 Å². The number of methoxy groups -OCH3 is 1. The van der Waals surface area contributed by atoms with E-state index in [0.29, 0.717) is 0 Å². The number of aromatic nitrogens is 3. The predicted molar refractivity (Wildman–Crippen MR) is 85.0 cm³/mol. The van der Waals surface area contributed by atoms with E-state index in [2.05, 4.69) is 41.3 Å². The molecule has 0 radical (unpaired) electrons. The van der Waals surface area contributed by atoms with E-state index in [0.717, 1.165) is 31.1 Å². The van der Waals surface area contributed by atoms with E-state index in [-0.39, 0.29) is 6.04 Å². The van der Waals surface area contributed by atoms with Crippen molar-refractivity contribution in [2.75, 3.05) is 34.3 Å². The molecule has 0 amide bonds. The number of likely N-dealkylation sites (N-methyl/N-ethyl adjacent to an activating group) is 1. The summed E-state index contributed by atoms with van der Waals surface area (Å²) in [6.07, 6.45) is 3.69. The third-order valence-corrected chi connectivity index (χ3v) is 4.08. The molecule has 0 saturated heterocycles. The molecule has 6 nitrogen and oxygen atoms in total. The van der Waals surface area contributed by atoms with Crippen molar-refractivity contribution in [1.82, 2.24) is 25.0 Å². The fourth-order valence-corrected chi connectivity index (χ4v) is 2.90. The average molecular weight is 309 g/mol. The van der Waals surface area contributed by atoms with Crippen molar-refractivity contribution in [1.29, 1.82) is 0 Å². The Labute approximate surface area is 129 Å². The number of nitrogens with one attached hydrogen (secondary N) is 1. The highest BCUT2D eigenvalue weighted by atomic mass is 32.1. The number of nitrogens with zero attached hydrogens (tertiary/aromatic N) is 4. The molecule has 0 aliphatic carbocycles. The van der Waals surface area contributed by atoms with Crippen molar-refractivity contribution in [2.45, 2.75) is 19.5 Å². The normalized spacial score (nSPS) is 12.8. The summed E-state index contributed by atoms with van der Waals surface area (Å²) in [7, 11) is 5.81. The maximum Gasteiger partial charge on any atom is 0.161 e. The molecular formula is C14H23N5OS. The zero-order chi connectivity index (χ0) is 15.2. The Morgan fingerprint density at radius 1 is 1.43 bits per heavy atom. The molecule has 0 spiro atoms. The van der Waals surface area contributed by atoms with Crippen LogP contribution in [0.3, 0.4) is 0 Å². The molecule has 1 N–H and O–H groups in total. The van der Waals surface area contributed by atoms with Crippen LogP contribution >= 0.6 is 11.3 Å². The SMILES string of the molecule is CCNC(c1cncs1)c1c(OC)cnn1CCN(C)C. The van der Waals surface area contributed by atoms with Gasteiger partial charge in [0, 0.05) is 17.6 Å². The van der Waals surface area contributed by atoms with Crippen LogP contribution in [0.5, 0.6) is 5.75 Å². The minimum atomic E-state index is 0.0575. The van der Waals surface area contributed by atoms with E-state index in [9.17, 15) is 0 Å². The van der Waals surface area contributed by atoms with Crippen molar-refractivity contribution in [3.8, 4) is 5.75 Å². The quantitative estimate of drug-likeness (QED) is 0.803. The molecule has 2 heterocycles. The van der Waals surface area contributed by atoms with Crippen molar-refractivity contribution < 1.29 is 4.74 Å². The first kappa shape index (κ1) is 15.9. The van der Waals surface area contributed by atoms with Crippen molar-refractivity contribution in [3.63, 3.8) is 0 Å². The zero-order valence-electron chi connectivity index (χ0n) is 13.0. The lowest BCUT2D eigenvalue weighted by Gasteiger charge is -2.20. The Morgan fingerprint density at radius 3 is 2.81 bits per heavy atom. The second kappa shape index (κ2) is 7.53. The van der Waals surface area contributed by atoms with E-state index < -0.39 is 0 Å². The fourth-order valence-electron chi connectivity index (χ4n) is 2.20. The third kappa shape index (κ3) is 3.81. The monoisotopic (exact) mass is 309 g/mol. The van der Waals surface area contributed by atoms with Crippen LogP contribution in [0.4, 0.5) is 0 Å². The van der Waals surface area contributed by atoms with E-state index >= 15 is 0 Å². The van der Waals surface area contributed by atoms with Crippen LogP contribution in [0.15, 0.2) is 17.9 Å². The summed E-state index contributed by atoms with van der Waals surface area (Å²) in [6, 6.07) is 0.0575. The summed E-state index contributed by atoms with van der Waals surface area (Å²) < 4.78 is 7.53. The van der Waals surface area contributed by atoms with Gasteiger partial charge in [-0.2, -0.15) is 5.10 Å². The molecule has 1 unspecified atom stereocenters. The van der Waals surface area contributed by atoms with Gasteiger partial charge in [0.15, 0.2) is 5.75 Å². The van der Waals surface area contributed by atoms with Crippen LogP contribution in [-0.2, 0) is 6.54 Å². The topological polar surface area (TPSA) is 55.2 Å². The first-order valence-electron chi connectivity index (χ1n) is 7.03. The van der Waals surface area contributed by atoms with Crippen LogP contribution in [0.2, 0.25) is 0 Å². The lowest BCUT2D eigenvalue weighted by molar-refractivity contribution is 0.360. The third-order valence-electron chi connectivity index (χ3n) is 3.24. The number of hydrogen-bond acceptors (Lipinski definition) is 6. The zero-order valence-corrected chi connectivity index (χ0v) is 13.9. The van der Waals surface area contributed by atoms with Crippen molar-refractivity contribution >= 4 is 11.3 Å². The minimum Gasteiger partial charge on any atom is -0.493 e. The van der Waals surface area contributed by atoms with Crippen LogP contribution in [0, 0.1) is 0 Å². The van der Waals surface area contributed by atoms with E-state index in [1.165, 1.54) is 4.88 Å². The maximum atomic E-state index is 5.51. The molecule has 116 valence electrons. The summed E-state index contributed by atoms with van der Waals surface area (Å²) in [4.78, 5) is 7.51. The van der Waals surface area contributed by atoms with Gasteiger partial charge in [-0.15, -0.1) is 11.3 Å². The maximum absolute atomic E-state index is 5.51. The van der Waals surface area contributed by atoms with Gasteiger partial charge in [-0.05, 0) is 20.6 Å². The Balaban J connectivity index is 2.35. The molecule has 2 rings (SSSR count). The first-order chi connectivity index (χ1) is 10.2. The molecule has 1 atom stereocenters. The number of hydrogen-bond donors (Lipinski definition) is 1. The lowest BCUT2D eigenvalue weighted by atomic mass is 10.1. The second-order valence-corrected chi connectivity index (χ2v) is 5.94. The standard InChI is InChI=1S/C14H23N5OS/c1-5-16-13(12-9-15-10-21-12)14-11(20-4)8-17-19(14)7-6-18(2)3/h8-10,13,16H,5-7H2,1-4H3. The number of rotatable bonds is 8. The second-order valence-electron chi connectivity index (χ2n) is 5.02. The van der Waals surface area contributed by atoms with Gasteiger partial charge in [0.05, 0.1) is 31.4 Å². The molecule has 0 aliphatic rings. The molecule has 2 aromatic rings. The molecule has 0 saturated carbocycles. The summed E-state index contributed by atoms with van der Waals surface area (Å²) >= 11 is 1.64. The summed E-state index contributed by atoms with van der Waals surface area (Å²) in [5.74, 6) is 0.813.